The summed E-state index contributed by atoms with van der Waals surface area (Å²) in [5, 5.41) is 3.10. The van der Waals surface area contributed by atoms with Crippen LogP contribution in [0, 0.1) is 23.5 Å². The molecule has 1 saturated heterocycles. The van der Waals surface area contributed by atoms with Crippen LogP contribution >= 0.6 is 0 Å². The third kappa shape index (κ3) is 2.61. The molecule has 104 valence electrons. The zero-order valence-electron chi connectivity index (χ0n) is 11.0. The number of carbonyl (C=O) groups is 1. The average Bonchev–Trinajstić information content (AvgIpc) is 2.26. The van der Waals surface area contributed by atoms with E-state index in [9.17, 15) is 13.6 Å². The summed E-state index contributed by atoms with van der Waals surface area (Å²) in [5.74, 6) is -2.45. The van der Waals surface area contributed by atoms with Crippen LogP contribution in [0.3, 0.4) is 0 Å². The zero-order valence-corrected chi connectivity index (χ0v) is 11.0. The van der Waals surface area contributed by atoms with Gasteiger partial charge in [-0.15, -0.1) is 0 Å². The van der Waals surface area contributed by atoms with Crippen molar-refractivity contribution in [3.63, 3.8) is 0 Å². The molecule has 1 aliphatic rings. The van der Waals surface area contributed by atoms with E-state index >= 15 is 0 Å². The molecule has 4 atom stereocenters. The van der Waals surface area contributed by atoms with E-state index in [1.165, 1.54) is 18.2 Å². The Bertz CT molecular complexity index is 472. The van der Waals surface area contributed by atoms with Gasteiger partial charge in [-0.3, -0.25) is 4.79 Å². The van der Waals surface area contributed by atoms with Gasteiger partial charge in [0.1, 0.15) is 11.6 Å². The van der Waals surface area contributed by atoms with Gasteiger partial charge in [-0.25, -0.2) is 8.78 Å². The Morgan fingerprint density at radius 2 is 1.89 bits per heavy atom. The molecule has 0 aliphatic carbocycles. The fourth-order valence-electron chi connectivity index (χ4n) is 3.03. The van der Waals surface area contributed by atoms with Crippen molar-refractivity contribution < 1.29 is 13.6 Å². The third-order valence-corrected chi connectivity index (χ3v) is 3.80. The number of rotatable bonds is 2. The van der Waals surface area contributed by atoms with E-state index in [0.29, 0.717) is 0 Å². The van der Waals surface area contributed by atoms with E-state index in [-0.39, 0.29) is 17.5 Å². The summed E-state index contributed by atoms with van der Waals surface area (Å²) in [5.41, 5.74) is 5.31. The molecule has 5 heteroatoms. The highest BCUT2D eigenvalue weighted by molar-refractivity contribution is 5.78. The third-order valence-electron chi connectivity index (χ3n) is 3.80. The molecule has 0 saturated carbocycles. The number of amides is 1. The predicted octanol–water partition coefficient (Wildman–Crippen LogP) is 2.13. The van der Waals surface area contributed by atoms with Gasteiger partial charge < -0.3 is 11.1 Å². The molecule has 0 spiro atoms. The number of primary amides is 1. The molecule has 1 aromatic carbocycles. The lowest BCUT2D eigenvalue weighted by molar-refractivity contribution is -0.125. The molecule has 2 rings (SSSR count). The predicted molar refractivity (Wildman–Crippen MR) is 68.2 cm³/mol. The Labute approximate surface area is 111 Å². The number of hydrogen-bond acceptors (Lipinski definition) is 2. The standard InChI is InChI=1S/C14H18F2N2O/c1-7-6-8(2)18-13(11(7)14(17)19)12-9(15)4-3-5-10(12)16/h3-5,7-8,11,13,18H,6H2,1-2H3,(H2,17,19). The average molecular weight is 268 g/mol. The summed E-state index contributed by atoms with van der Waals surface area (Å²) in [4.78, 5) is 11.6. The molecule has 1 fully saturated rings. The van der Waals surface area contributed by atoms with Crippen molar-refractivity contribution in [1.29, 1.82) is 0 Å². The number of hydrogen-bond donors (Lipinski definition) is 2. The SMILES string of the molecule is CC1CC(C)C(C(N)=O)C(c2c(F)cccc2F)N1. The van der Waals surface area contributed by atoms with Gasteiger partial charge in [-0.05, 0) is 31.4 Å². The number of halogens is 2. The van der Waals surface area contributed by atoms with E-state index in [0.717, 1.165) is 6.42 Å². The van der Waals surface area contributed by atoms with Crippen molar-refractivity contribution in [3.05, 3.63) is 35.4 Å². The van der Waals surface area contributed by atoms with E-state index in [4.69, 9.17) is 5.73 Å². The quantitative estimate of drug-likeness (QED) is 0.863. The summed E-state index contributed by atoms with van der Waals surface area (Å²) >= 11 is 0. The van der Waals surface area contributed by atoms with Gasteiger partial charge in [-0.2, -0.15) is 0 Å². The normalized spacial score (nSPS) is 31.2. The van der Waals surface area contributed by atoms with Crippen LogP contribution in [-0.4, -0.2) is 11.9 Å². The summed E-state index contributed by atoms with van der Waals surface area (Å²) < 4.78 is 27.8. The van der Waals surface area contributed by atoms with Crippen LogP contribution in [-0.2, 0) is 4.79 Å². The topological polar surface area (TPSA) is 55.1 Å². The van der Waals surface area contributed by atoms with Crippen LogP contribution < -0.4 is 11.1 Å². The second kappa shape index (κ2) is 5.25. The molecule has 4 unspecified atom stereocenters. The largest absolute Gasteiger partial charge is 0.369 e. The van der Waals surface area contributed by atoms with Gasteiger partial charge in [0.25, 0.3) is 0 Å². The lowest BCUT2D eigenvalue weighted by atomic mass is 9.76. The molecule has 0 bridgehead atoms. The molecule has 1 amide bonds. The molecule has 3 N–H and O–H groups in total. The van der Waals surface area contributed by atoms with Gasteiger partial charge in [0.2, 0.25) is 5.91 Å². The van der Waals surface area contributed by atoms with Crippen molar-refractivity contribution >= 4 is 5.91 Å². The Hall–Kier alpha value is -1.49. The molecule has 3 nitrogen and oxygen atoms in total. The van der Waals surface area contributed by atoms with Crippen LogP contribution in [0.25, 0.3) is 0 Å². The van der Waals surface area contributed by atoms with E-state index in [1.54, 1.807) is 0 Å². The van der Waals surface area contributed by atoms with Crippen molar-refractivity contribution in [1.82, 2.24) is 5.32 Å². The van der Waals surface area contributed by atoms with Crippen molar-refractivity contribution in [2.75, 3.05) is 0 Å². The fraction of sp³-hybridized carbons (Fsp3) is 0.500. The zero-order chi connectivity index (χ0) is 14.2. The highest BCUT2D eigenvalue weighted by atomic mass is 19.1. The molecular formula is C14H18F2N2O. The monoisotopic (exact) mass is 268 g/mol. The van der Waals surface area contributed by atoms with E-state index in [2.05, 4.69) is 5.32 Å². The Kier molecular flexibility index (Phi) is 3.85. The lowest BCUT2D eigenvalue weighted by Gasteiger charge is -2.39. The Morgan fingerprint density at radius 1 is 1.32 bits per heavy atom. The first-order chi connectivity index (χ1) is 8.91. The first-order valence-electron chi connectivity index (χ1n) is 6.41. The maximum Gasteiger partial charge on any atom is 0.222 e. The molecule has 1 heterocycles. The van der Waals surface area contributed by atoms with Crippen molar-refractivity contribution in [2.24, 2.45) is 17.6 Å². The molecule has 1 aliphatic heterocycles. The van der Waals surface area contributed by atoms with Gasteiger partial charge in [-0.1, -0.05) is 13.0 Å². The second-order valence-corrected chi connectivity index (χ2v) is 5.32. The van der Waals surface area contributed by atoms with Crippen LogP contribution in [0.15, 0.2) is 18.2 Å². The molecule has 19 heavy (non-hydrogen) atoms. The van der Waals surface area contributed by atoms with Crippen molar-refractivity contribution in [3.8, 4) is 0 Å². The maximum absolute atomic E-state index is 13.9. The minimum atomic E-state index is -0.711. The fourth-order valence-corrected chi connectivity index (χ4v) is 3.03. The number of nitrogens with two attached hydrogens (primary N) is 1. The summed E-state index contributed by atoms with van der Waals surface area (Å²) in [7, 11) is 0. The number of nitrogens with one attached hydrogen (secondary N) is 1. The summed E-state index contributed by atoms with van der Waals surface area (Å²) in [6, 6.07) is 3.07. The Morgan fingerprint density at radius 3 is 2.42 bits per heavy atom. The lowest BCUT2D eigenvalue weighted by Crippen LogP contribution is -2.49. The van der Waals surface area contributed by atoms with Crippen LogP contribution in [0.2, 0.25) is 0 Å². The van der Waals surface area contributed by atoms with Gasteiger partial charge in [0, 0.05) is 11.6 Å². The van der Waals surface area contributed by atoms with Gasteiger partial charge in [0.15, 0.2) is 0 Å². The molecule has 0 radical (unpaired) electrons. The minimum Gasteiger partial charge on any atom is -0.369 e. The van der Waals surface area contributed by atoms with Crippen LogP contribution in [0.4, 0.5) is 8.78 Å². The Balaban J connectivity index is 2.47. The van der Waals surface area contributed by atoms with Gasteiger partial charge >= 0.3 is 0 Å². The molecule has 1 aromatic rings. The minimum absolute atomic E-state index is 0.0160. The molecular weight excluding hydrogens is 250 g/mol. The molecule has 0 aromatic heterocycles. The smallest absolute Gasteiger partial charge is 0.222 e. The number of benzene rings is 1. The first-order valence-corrected chi connectivity index (χ1v) is 6.41. The van der Waals surface area contributed by atoms with Gasteiger partial charge in [0.05, 0.1) is 12.0 Å². The maximum atomic E-state index is 13.9. The number of carbonyl (C=O) groups excluding carboxylic acids is 1. The summed E-state index contributed by atoms with van der Waals surface area (Å²) in [6.07, 6.45) is 0.750. The highest BCUT2D eigenvalue weighted by Crippen LogP contribution is 2.37. The van der Waals surface area contributed by atoms with E-state index < -0.39 is 29.5 Å². The van der Waals surface area contributed by atoms with Crippen LogP contribution in [0.1, 0.15) is 31.9 Å². The summed E-state index contributed by atoms with van der Waals surface area (Å²) in [6.45, 7) is 3.82. The second-order valence-electron chi connectivity index (χ2n) is 5.32. The van der Waals surface area contributed by atoms with E-state index in [1.807, 2.05) is 13.8 Å². The highest BCUT2D eigenvalue weighted by Gasteiger charge is 2.40. The number of piperidine rings is 1. The van der Waals surface area contributed by atoms with Crippen molar-refractivity contribution in [2.45, 2.75) is 32.4 Å². The van der Waals surface area contributed by atoms with Crippen LogP contribution in [0.5, 0.6) is 0 Å². The first kappa shape index (κ1) is 13.9.